The number of sulfonamides is 1. The van der Waals surface area contributed by atoms with Crippen LogP contribution in [-0.4, -0.2) is 68.1 Å². The summed E-state index contributed by atoms with van der Waals surface area (Å²) in [6.07, 6.45) is 0. The Balaban J connectivity index is 1.52. The average molecular weight is 547 g/mol. The summed E-state index contributed by atoms with van der Waals surface area (Å²) in [6.45, 7) is 3.75. The summed E-state index contributed by atoms with van der Waals surface area (Å²) in [7, 11) is -3.64. The number of aromatic nitrogens is 1. The highest BCUT2D eigenvalue weighted by molar-refractivity contribution is 8.01. The van der Waals surface area contributed by atoms with Gasteiger partial charge in [-0.3, -0.25) is 9.59 Å². The molecule has 0 spiro atoms. The van der Waals surface area contributed by atoms with Crippen LogP contribution in [0, 0.1) is 0 Å². The van der Waals surface area contributed by atoms with E-state index in [9.17, 15) is 18.0 Å². The lowest BCUT2D eigenvalue weighted by Crippen LogP contribution is -2.40. The molecule has 3 aromatic rings. The number of morpholine rings is 1. The SMILES string of the molecule is CCNC(=O)CSc1nc(-c2ccccc2)c(NC(=O)c2ccc(S(=O)(=O)N3CCOCC3)cc2)s1. The zero-order valence-corrected chi connectivity index (χ0v) is 22.0. The van der Waals surface area contributed by atoms with Crippen molar-refractivity contribution in [2.75, 3.05) is 43.9 Å². The number of carbonyl (C=O) groups is 2. The van der Waals surface area contributed by atoms with Gasteiger partial charge in [0.05, 0.1) is 23.9 Å². The molecular weight excluding hydrogens is 520 g/mol. The van der Waals surface area contributed by atoms with Crippen LogP contribution in [0.1, 0.15) is 17.3 Å². The molecule has 190 valence electrons. The van der Waals surface area contributed by atoms with Gasteiger partial charge in [-0.25, -0.2) is 13.4 Å². The predicted molar refractivity (Wildman–Crippen MR) is 141 cm³/mol. The van der Waals surface area contributed by atoms with Gasteiger partial charge in [0.1, 0.15) is 10.7 Å². The maximum Gasteiger partial charge on any atom is 0.256 e. The molecule has 0 saturated carbocycles. The van der Waals surface area contributed by atoms with E-state index in [2.05, 4.69) is 15.6 Å². The Bertz CT molecular complexity index is 1310. The smallest absolute Gasteiger partial charge is 0.256 e. The van der Waals surface area contributed by atoms with Crippen LogP contribution in [0.4, 0.5) is 5.00 Å². The van der Waals surface area contributed by atoms with Crippen LogP contribution < -0.4 is 10.6 Å². The average Bonchev–Trinajstić information content (AvgIpc) is 3.31. The number of carbonyl (C=O) groups excluding carboxylic acids is 2. The molecule has 2 amide bonds. The molecule has 2 heterocycles. The monoisotopic (exact) mass is 546 g/mol. The first-order chi connectivity index (χ1) is 17.4. The second kappa shape index (κ2) is 12.0. The van der Waals surface area contributed by atoms with Gasteiger partial charge in [0.2, 0.25) is 15.9 Å². The fourth-order valence-corrected chi connectivity index (χ4v) is 6.80. The second-order valence-electron chi connectivity index (χ2n) is 7.76. The Morgan fingerprint density at radius 2 is 1.78 bits per heavy atom. The molecule has 4 rings (SSSR count). The maximum absolute atomic E-state index is 13.0. The third-order valence-corrected chi connectivity index (χ3v) is 9.33. The minimum Gasteiger partial charge on any atom is -0.379 e. The van der Waals surface area contributed by atoms with Crippen LogP contribution in [0.15, 0.2) is 63.8 Å². The van der Waals surface area contributed by atoms with Crippen molar-refractivity contribution in [1.82, 2.24) is 14.6 Å². The number of hydrogen-bond acceptors (Lipinski definition) is 8. The van der Waals surface area contributed by atoms with E-state index in [4.69, 9.17) is 4.74 Å². The summed E-state index contributed by atoms with van der Waals surface area (Å²) in [6, 6.07) is 15.3. The molecule has 0 aliphatic carbocycles. The summed E-state index contributed by atoms with van der Waals surface area (Å²) in [5.41, 5.74) is 1.76. The Morgan fingerprint density at radius 3 is 2.44 bits per heavy atom. The lowest BCUT2D eigenvalue weighted by Gasteiger charge is -2.26. The number of nitrogens with one attached hydrogen (secondary N) is 2. The highest BCUT2D eigenvalue weighted by atomic mass is 32.2. The van der Waals surface area contributed by atoms with Gasteiger partial charge in [-0.05, 0) is 31.2 Å². The standard InChI is InChI=1S/C24H26N4O5S3/c1-2-25-20(29)16-34-24-26-21(17-6-4-3-5-7-17)23(35-24)27-22(30)18-8-10-19(11-9-18)36(31,32)28-12-14-33-15-13-28/h3-11H,2,12-16H2,1H3,(H,25,29)(H,27,30). The van der Waals surface area contributed by atoms with Gasteiger partial charge in [-0.2, -0.15) is 4.31 Å². The van der Waals surface area contributed by atoms with Gasteiger partial charge in [0.15, 0.2) is 4.34 Å². The summed E-state index contributed by atoms with van der Waals surface area (Å²) < 4.78 is 33.0. The molecule has 1 saturated heterocycles. The van der Waals surface area contributed by atoms with E-state index in [1.54, 1.807) is 0 Å². The molecule has 0 radical (unpaired) electrons. The minimum atomic E-state index is -3.64. The van der Waals surface area contributed by atoms with Gasteiger partial charge in [-0.15, -0.1) is 0 Å². The molecule has 1 aromatic heterocycles. The van der Waals surface area contributed by atoms with Crippen molar-refractivity contribution in [1.29, 1.82) is 0 Å². The Labute approximate surface area is 218 Å². The lowest BCUT2D eigenvalue weighted by molar-refractivity contribution is -0.118. The number of thiazole rings is 1. The van der Waals surface area contributed by atoms with E-state index in [1.165, 1.54) is 51.7 Å². The molecular formula is C24H26N4O5S3. The summed E-state index contributed by atoms with van der Waals surface area (Å²) in [5, 5.41) is 6.21. The number of thioether (sulfide) groups is 1. The summed E-state index contributed by atoms with van der Waals surface area (Å²) >= 11 is 2.59. The molecule has 2 N–H and O–H groups in total. The van der Waals surface area contributed by atoms with Crippen molar-refractivity contribution in [3.8, 4) is 11.3 Å². The highest BCUT2D eigenvalue weighted by Crippen LogP contribution is 2.37. The predicted octanol–water partition coefficient (Wildman–Crippen LogP) is 3.31. The number of amides is 2. The van der Waals surface area contributed by atoms with Crippen LogP contribution in [-0.2, 0) is 19.6 Å². The number of rotatable bonds is 9. The van der Waals surface area contributed by atoms with Crippen molar-refractivity contribution in [3.05, 3.63) is 60.2 Å². The number of benzene rings is 2. The van der Waals surface area contributed by atoms with Gasteiger partial charge >= 0.3 is 0 Å². The first-order valence-electron chi connectivity index (χ1n) is 11.3. The molecule has 0 unspecified atom stereocenters. The minimum absolute atomic E-state index is 0.0864. The third kappa shape index (κ3) is 6.31. The summed E-state index contributed by atoms with van der Waals surface area (Å²) in [4.78, 5) is 29.7. The lowest BCUT2D eigenvalue weighted by atomic mass is 10.1. The zero-order valence-electron chi connectivity index (χ0n) is 19.6. The van der Waals surface area contributed by atoms with E-state index in [0.717, 1.165) is 5.56 Å². The number of hydrogen-bond donors (Lipinski definition) is 2. The number of ether oxygens (including phenoxy) is 1. The van der Waals surface area contributed by atoms with Crippen molar-refractivity contribution in [3.63, 3.8) is 0 Å². The van der Waals surface area contributed by atoms with E-state index in [1.807, 2.05) is 37.3 Å². The highest BCUT2D eigenvalue weighted by Gasteiger charge is 2.26. The first kappa shape index (κ1) is 26.3. The van der Waals surface area contributed by atoms with Crippen LogP contribution in [0.2, 0.25) is 0 Å². The van der Waals surface area contributed by atoms with Crippen LogP contribution in [0.25, 0.3) is 11.3 Å². The first-order valence-corrected chi connectivity index (χ1v) is 14.6. The molecule has 0 atom stereocenters. The Morgan fingerprint density at radius 1 is 1.08 bits per heavy atom. The van der Waals surface area contributed by atoms with Crippen molar-refractivity contribution in [2.45, 2.75) is 16.2 Å². The van der Waals surface area contributed by atoms with E-state index >= 15 is 0 Å². The Kier molecular flexibility index (Phi) is 8.75. The van der Waals surface area contributed by atoms with E-state index in [-0.39, 0.29) is 22.5 Å². The molecule has 12 heteroatoms. The van der Waals surface area contributed by atoms with Crippen LogP contribution >= 0.6 is 23.1 Å². The van der Waals surface area contributed by atoms with E-state index in [0.29, 0.717) is 53.4 Å². The molecule has 2 aromatic carbocycles. The molecule has 36 heavy (non-hydrogen) atoms. The molecule has 1 aliphatic rings. The largest absolute Gasteiger partial charge is 0.379 e. The van der Waals surface area contributed by atoms with Gasteiger partial charge < -0.3 is 15.4 Å². The van der Waals surface area contributed by atoms with Gasteiger partial charge in [-0.1, -0.05) is 53.4 Å². The number of nitrogens with zero attached hydrogens (tertiary/aromatic N) is 2. The fraction of sp³-hybridized carbons (Fsp3) is 0.292. The number of anilines is 1. The quantitative estimate of drug-likeness (QED) is 0.396. The second-order valence-corrected chi connectivity index (χ2v) is 11.9. The zero-order chi connectivity index (χ0) is 25.5. The van der Waals surface area contributed by atoms with Crippen LogP contribution in [0.5, 0.6) is 0 Å². The molecule has 1 aliphatic heterocycles. The van der Waals surface area contributed by atoms with Crippen LogP contribution in [0.3, 0.4) is 0 Å². The van der Waals surface area contributed by atoms with Gasteiger partial charge in [0, 0.05) is 30.8 Å². The normalized spacial score (nSPS) is 14.4. The fourth-order valence-electron chi connectivity index (χ4n) is 3.50. The summed E-state index contributed by atoms with van der Waals surface area (Å²) in [5.74, 6) is -0.245. The maximum atomic E-state index is 13.0. The van der Waals surface area contributed by atoms with Crippen molar-refractivity contribution in [2.24, 2.45) is 0 Å². The Hall–Kier alpha value is -2.77. The van der Waals surface area contributed by atoms with Crippen molar-refractivity contribution < 1.29 is 22.7 Å². The van der Waals surface area contributed by atoms with Crippen molar-refractivity contribution >= 4 is 49.9 Å². The molecule has 1 fully saturated rings. The van der Waals surface area contributed by atoms with Gasteiger partial charge in [0.25, 0.3) is 5.91 Å². The van der Waals surface area contributed by atoms with E-state index < -0.39 is 10.0 Å². The molecule has 0 bridgehead atoms. The topological polar surface area (TPSA) is 118 Å². The third-order valence-electron chi connectivity index (χ3n) is 5.31. The molecule has 9 nitrogen and oxygen atoms in total.